The number of nitrogens with one attached hydrogen (secondary N) is 1. The third-order valence-electron chi connectivity index (χ3n) is 5.63. The molecule has 1 saturated heterocycles. The molecule has 32 heavy (non-hydrogen) atoms. The quantitative estimate of drug-likeness (QED) is 0.635. The molecular weight excluding hydrogens is 422 g/mol. The largest absolute Gasteiger partial charge is 0.378 e. The molecule has 3 aromatic rings. The molecule has 7 nitrogen and oxygen atoms in total. The lowest BCUT2D eigenvalue weighted by Crippen LogP contribution is -2.43. The van der Waals surface area contributed by atoms with Crippen molar-refractivity contribution in [3.05, 3.63) is 59.4 Å². The second kappa shape index (κ2) is 9.48. The zero-order valence-electron chi connectivity index (χ0n) is 18.5. The number of rotatable bonds is 5. The van der Waals surface area contributed by atoms with Crippen LogP contribution in [0.25, 0.3) is 10.6 Å². The Hall–Kier alpha value is -3.26. The molecule has 1 aliphatic heterocycles. The lowest BCUT2D eigenvalue weighted by molar-refractivity contribution is -0.121. The number of hydrogen-bond donors (Lipinski definition) is 1. The smallest absolute Gasteiger partial charge is 0.265 e. The molecule has 0 spiro atoms. The Kier molecular flexibility index (Phi) is 6.50. The number of amides is 2. The van der Waals surface area contributed by atoms with E-state index < -0.39 is 0 Å². The molecular formula is C24H27N5O2S. The van der Waals surface area contributed by atoms with Crippen LogP contribution in [0.5, 0.6) is 0 Å². The van der Waals surface area contributed by atoms with E-state index in [4.69, 9.17) is 0 Å². The predicted molar refractivity (Wildman–Crippen MR) is 128 cm³/mol. The highest BCUT2D eigenvalue weighted by atomic mass is 32.1. The van der Waals surface area contributed by atoms with E-state index in [-0.39, 0.29) is 17.7 Å². The average molecular weight is 450 g/mol. The number of aromatic nitrogens is 2. The first kappa shape index (κ1) is 22.0. The zero-order chi connectivity index (χ0) is 22.7. The highest BCUT2D eigenvalue weighted by molar-refractivity contribution is 7.17. The Balaban J connectivity index is 1.43. The fourth-order valence-corrected chi connectivity index (χ4v) is 4.84. The fraction of sp³-hybridized carbons (Fsp3) is 0.333. The summed E-state index contributed by atoms with van der Waals surface area (Å²) in [5.41, 5.74) is 3.45. The second-order valence-corrected chi connectivity index (χ2v) is 9.20. The SMILES string of the molecule is Cc1nc(-c2cccnc2)sc1C(=O)N1CCCC(C(=O)Nc2ccc(N(C)C)cc2)C1. The summed E-state index contributed by atoms with van der Waals surface area (Å²) in [6.45, 7) is 2.93. The summed E-state index contributed by atoms with van der Waals surface area (Å²) in [5.74, 6) is -0.326. The van der Waals surface area contributed by atoms with E-state index in [9.17, 15) is 9.59 Å². The van der Waals surface area contributed by atoms with E-state index in [0.717, 1.165) is 34.8 Å². The Morgan fingerprint density at radius 3 is 2.66 bits per heavy atom. The first-order chi connectivity index (χ1) is 15.4. The van der Waals surface area contributed by atoms with Gasteiger partial charge in [0.15, 0.2) is 0 Å². The summed E-state index contributed by atoms with van der Waals surface area (Å²) in [4.78, 5) is 39.2. The van der Waals surface area contributed by atoms with Crippen LogP contribution in [0, 0.1) is 12.8 Å². The van der Waals surface area contributed by atoms with Crippen molar-refractivity contribution in [3.63, 3.8) is 0 Å². The van der Waals surface area contributed by atoms with Gasteiger partial charge in [-0.05, 0) is 56.2 Å². The maximum Gasteiger partial charge on any atom is 0.265 e. The normalized spacial score (nSPS) is 16.0. The topological polar surface area (TPSA) is 78.4 Å². The van der Waals surface area contributed by atoms with Gasteiger partial charge in [-0.2, -0.15) is 0 Å². The van der Waals surface area contributed by atoms with Crippen LogP contribution < -0.4 is 10.2 Å². The molecule has 1 unspecified atom stereocenters. The molecule has 8 heteroatoms. The minimum Gasteiger partial charge on any atom is -0.378 e. The lowest BCUT2D eigenvalue weighted by Gasteiger charge is -2.31. The van der Waals surface area contributed by atoms with Gasteiger partial charge in [-0.15, -0.1) is 11.3 Å². The minimum atomic E-state index is -0.229. The van der Waals surface area contributed by atoms with Crippen LogP contribution in [0.4, 0.5) is 11.4 Å². The molecule has 0 radical (unpaired) electrons. The van der Waals surface area contributed by atoms with Crippen molar-refractivity contribution >= 4 is 34.5 Å². The number of likely N-dealkylation sites (tertiary alicyclic amines) is 1. The van der Waals surface area contributed by atoms with Gasteiger partial charge in [0.25, 0.3) is 5.91 Å². The highest BCUT2D eigenvalue weighted by Gasteiger charge is 2.30. The number of anilines is 2. The lowest BCUT2D eigenvalue weighted by atomic mass is 9.96. The van der Waals surface area contributed by atoms with Gasteiger partial charge in [0, 0.05) is 56.5 Å². The van der Waals surface area contributed by atoms with Crippen LogP contribution in [-0.2, 0) is 4.79 Å². The molecule has 4 rings (SSSR count). The van der Waals surface area contributed by atoms with Gasteiger partial charge >= 0.3 is 0 Å². The van der Waals surface area contributed by atoms with Gasteiger partial charge in [0.05, 0.1) is 11.6 Å². The molecule has 0 bridgehead atoms. The van der Waals surface area contributed by atoms with Crippen LogP contribution in [0.3, 0.4) is 0 Å². The number of pyridine rings is 1. The summed E-state index contributed by atoms with van der Waals surface area (Å²) in [6, 6.07) is 11.5. The third-order valence-corrected chi connectivity index (χ3v) is 6.82. The van der Waals surface area contributed by atoms with E-state index in [2.05, 4.69) is 15.3 Å². The van der Waals surface area contributed by atoms with Crippen LogP contribution >= 0.6 is 11.3 Å². The molecule has 2 aromatic heterocycles. The highest BCUT2D eigenvalue weighted by Crippen LogP contribution is 2.30. The van der Waals surface area contributed by atoms with Gasteiger partial charge in [-0.25, -0.2) is 4.98 Å². The number of carbonyl (C=O) groups is 2. The summed E-state index contributed by atoms with van der Waals surface area (Å²) >= 11 is 1.38. The maximum atomic E-state index is 13.2. The second-order valence-electron chi connectivity index (χ2n) is 8.20. The third kappa shape index (κ3) is 4.80. The van der Waals surface area contributed by atoms with E-state index in [1.165, 1.54) is 11.3 Å². The summed E-state index contributed by atoms with van der Waals surface area (Å²) in [5, 5.41) is 3.79. The van der Waals surface area contributed by atoms with Gasteiger partial charge in [-0.3, -0.25) is 14.6 Å². The molecule has 166 valence electrons. The van der Waals surface area contributed by atoms with E-state index >= 15 is 0 Å². The number of carbonyl (C=O) groups excluding carboxylic acids is 2. The van der Waals surface area contributed by atoms with Crippen LogP contribution in [0.15, 0.2) is 48.8 Å². The van der Waals surface area contributed by atoms with Crippen molar-refractivity contribution in [1.82, 2.24) is 14.9 Å². The standard InChI is InChI=1S/C24H27N5O2S/c1-16-21(32-23(26-16)17-6-4-12-25-14-17)24(31)29-13-5-7-18(15-29)22(30)27-19-8-10-20(11-9-19)28(2)3/h4,6,8-12,14,18H,5,7,13,15H2,1-3H3,(H,27,30). The number of piperidine rings is 1. The van der Waals surface area contributed by atoms with E-state index in [0.29, 0.717) is 23.7 Å². The Morgan fingerprint density at radius 1 is 1.19 bits per heavy atom. The molecule has 1 fully saturated rings. The van der Waals surface area contributed by atoms with Crippen LogP contribution in [-0.4, -0.2) is 53.9 Å². The average Bonchev–Trinajstić information content (AvgIpc) is 3.21. The Bertz CT molecular complexity index is 1100. The number of nitrogens with zero attached hydrogens (tertiary/aromatic N) is 4. The first-order valence-corrected chi connectivity index (χ1v) is 11.5. The number of hydrogen-bond acceptors (Lipinski definition) is 6. The van der Waals surface area contributed by atoms with Crippen molar-refractivity contribution in [2.45, 2.75) is 19.8 Å². The number of aryl methyl sites for hydroxylation is 1. The molecule has 1 aliphatic rings. The van der Waals surface area contributed by atoms with Gasteiger partial charge in [0.1, 0.15) is 9.88 Å². The van der Waals surface area contributed by atoms with Crippen molar-refractivity contribution in [2.24, 2.45) is 5.92 Å². The summed E-state index contributed by atoms with van der Waals surface area (Å²) < 4.78 is 0. The molecule has 1 N–H and O–H groups in total. The van der Waals surface area contributed by atoms with Gasteiger partial charge in [-0.1, -0.05) is 0 Å². The van der Waals surface area contributed by atoms with Gasteiger partial charge in [0.2, 0.25) is 5.91 Å². The molecule has 0 saturated carbocycles. The molecule has 1 atom stereocenters. The van der Waals surface area contributed by atoms with E-state index in [1.54, 1.807) is 17.3 Å². The molecule has 3 heterocycles. The predicted octanol–water partition coefficient (Wildman–Crippen LogP) is 4.07. The van der Waals surface area contributed by atoms with Crippen molar-refractivity contribution < 1.29 is 9.59 Å². The number of benzene rings is 1. The molecule has 2 amide bonds. The Labute approximate surface area is 192 Å². The maximum absolute atomic E-state index is 13.2. The van der Waals surface area contributed by atoms with Crippen LogP contribution in [0.2, 0.25) is 0 Å². The Morgan fingerprint density at radius 2 is 1.97 bits per heavy atom. The number of thiazole rings is 1. The summed E-state index contributed by atoms with van der Waals surface area (Å²) in [6.07, 6.45) is 5.04. The monoisotopic (exact) mass is 449 g/mol. The van der Waals surface area contributed by atoms with E-state index in [1.807, 2.05) is 62.3 Å². The molecule has 0 aliphatic carbocycles. The first-order valence-electron chi connectivity index (χ1n) is 10.7. The van der Waals surface area contributed by atoms with Crippen molar-refractivity contribution in [3.8, 4) is 10.6 Å². The van der Waals surface area contributed by atoms with Crippen LogP contribution in [0.1, 0.15) is 28.2 Å². The van der Waals surface area contributed by atoms with Crippen molar-refractivity contribution in [2.75, 3.05) is 37.4 Å². The zero-order valence-corrected chi connectivity index (χ0v) is 19.4. The van der Waals surface area contributed by atoms with Crippen molar-refractivity contribution in [1.29, 1.82) is 0 Å². The summed E-state index contributed by atoms with van der Waals surface area (Å²) in [7, 11) is 3.96. The minimum absolute atomic E-state index is 0.0443. The van der Waals surface area contributed by atoms with Gasteiger partial charge < -0.3 is 15.1 Å². The molecule has 1 aromatic carbocycles. The fourth-order valence-electron chi connectivity index (χ4n) is 3.81.